The molecule has 4 heteroatoms. The lowest BCUT2D eigenvalue weighted by atomic mass is 10.1. The molecular formula is C16H16FN3. The van der Waals surface area contributed by atoms with Gasteiger partial charge in [0.15, 0.2) is 0 Å². The minimum Gasteiger partial charge on any atom is -0.396 e. The van der Waals surface area contributed by atoms with Gasteiger partial charge in [-0.05, 0) is 44.2 Å². The highest BCUT2D eigenvalue weighted by atomic mass is 19.1. The summed E-state index contributed by atoms with van der Waals surface area (Å²) in [4.78, 5) is 4.66. The molecule has 0 aliphatic rings. The van der Waals surface area contributed by atoms with Crippen LogP contribution in [0.1, 0.15) is 19.9 Å². The molecule has 0 saturated carbocycles. The number of aromatic nitrogens is 2. The van der Waals surface area contributed by atoms with Crippen LogP contribution < -0.4 is 5.73 Å². The highest BCUT2D eigenvalue weighted by Crippen LogP contribution is 2.29. The fraction of sp³-hybridized carbons (Fsp3) is 0.188. The summed E-state index contributed by atoms with van der Waals surface area (Å²) < 4.78 is 15.5. The molecular weight excluding hydrogens is 253 g/mol. The van der Waals surface area contributed by atoms with E-state index in [1.54, 1.807) is 12.1 Å². The lowest BCUT2D eigenvalue weighted by Gasteiger charge is -2.13. The van der Waals surface area contributed by atoms with Gasteiger partial charge in [-0.15, -0.1) is 0 Å². The molecule has 1 aromatic heterocycles. The van der Waals surface area contributed by atoms with E-state index in [-0.39, 0.29) is 11.7 Å². The van der Waals surface area contributed by atoms with Crippen molar-refractivity contribution in [3.8, 4) is 11.4 Å². The maximum Gasteiger partial charge on any atom is 0.146 e. The molecule has 0 atom stereocenters. The second-order valence-electron chi connectivity index (χ2n) is 5.12. The van der Waals surface area contributed by atoms with Gasteiger partial charge in [-0.2, -0.15) is 0 Å². The first-order chi connectivity index (χ1) is 9.58. The van der Waals surface area contributed by atoms with E-state index in [2.05, 4.69) is 23.4 Å². The smallest absolute Gasteiger partial charge is 0.146 e. The molecule has 102 valence electrons. The first kappa shape index (κ1) is 12.7. The van der Waals surface area contributed by atoms with Crippen molar-refractivity contribution in [1.29, 1.82) is 0 Å². The van der Waals surface area contributed by atoms with Gasteiger partial charge in [-0.1, -0.05) is 12.1 Å². The van der Waals surface area contributed by atoms with E-state index in [9.17, 15) is 4.39 Å². The number of nitrogens with two attached hydrogens (primary N) is 1. The van der Waals surface area contributed by atoms with Crippen LogP contribution >= 0.6 is 0 Å². The molecule has 0 aliphatic heterocycles. The molecule has 20 heavy (non-hydrogen) atoms. The molecule has 0 saturated heterocycles. The summed E-state index contributed by atoms with van der Waals surface area (Å²) in [7, 11) is 0. The largest absolute Gasteiger partial charge is 0.396 e. The minimum absolute atomic E-state index is 0.143. The summed E-state index contributed by atoms with van der Waals surface area (Å²) in [5.41, 5.74) is 8.64. The summed E-state index contributed by atoms with van der Waals surface area (Å²) in [6, 6.07) is 13.0. The monoisotopic (exact) mass is 269 g/mol. The van der Waals surface area contributed by atoms with E-state index >= 15 is 0 Å². The van der Waals surface area contributed by atoms with Crippen LogP contribution in [0.2, 0.25) is 0 Å². The van der Waals surface area contributed by atoms with Crippen LogP contribution in [0.15, 0.2) is 42.5 Å². The standard InChI is InChI=1S/C16H16FN3/c1-10(2)20-15-6-4-3-5-14(15)19-16(20)11-7-8-12(17)13(18)9-11/h3-10H,18H2,1-2H3. The molecule has 0 unspecified atom stereocenters. The predicted octanol–water partition coefficient (Wildman–Crippen LogP) is 4.01. The topological polar surface area (TPSA) is 43.8 Å². The first-order valence-electron chi connectivity index (χ1n) is 6.60. The Morgan fingerprint density at radius 1 is 1.15 bits per heavy atom. The second-order valence-corrected chi connectivity index (χ2v) is 5.12. The zero-order valence-corrected chi connectivity index (χ0v) is 11.5. The lowest BCUT2D eigenvalue weighted by molar-refractivity contribution is 0.623. The zero-order chi connectivity index (χ0) is 14.3. The van der Waals surface area contributed by atoms with Crippen molar-refractivity contribution in [3.63, 3.8) is 0 Å². The van der Waals surface area contributed by atoms with Crippen molar-refractivity contribution >= 4 is 16.7 Å². The second kappa shape index (κ2) is 4.63. The Balaban J connectivity index is 2.29. The number of para-hydroxylation sites is 2. The summed E-state index contributed by atoms with van der Waals surface area (Å²) in [5, 5.41) is 0. The number of hydrogen-bond donors (Lipinski definition) is 1. The number of fused-ring (bicyclic) bond motifs is 1. The molecule has 3 rings (SSSR count). The maximum atomic E-state index is 13.3. The van der Waals surface area contributed by atoms with Gasteiger partial charge < -0.3 is 10.3 Å². The fourth-order valence-corrected chi connectivity index (χ4v) is 2.45. The predicted molar refractivity (Wildman–Crippen MR) is 79.9 cm³/mol. The number of hydrogen-bond acceptors (Lipinski definition) is 2. The summed E-state index contributed by atoms with van der Waals surface area (Å²) in [5.74, 6) is 0.411. The Labute approximate surface area is 116 Å². The van der Waals surface area contributed by atoms with Gasteiger partial charge in [0.05, 0.1) is 16.7 Å². The van der Waals surface area contributed by atoms with Gasteiger partial charge in [0.1, 0.15) is 11.6 Å². The third-order valence-electron chi connectivity index (χ3n) is 3.37. The van der Waals surface area contributed by atoms with Crippen molar-refractivity contribution in [2.75, 3.05) is 5.73 Å². The third-order valence-corrected chi connectivity index (χ3v) is 3.37. The van der Waals surface area contributed by atoms with Gasteiger partial charge in [-0.25, -0.2) is 9.37 Å². The Morgan fingerprint density at radius 3 is 2.60 bits per heavy atom. The Hall–Kier alpha value is -2.36. The summed E-state index contributed by atoms with van der Waals surface area (Å²) in [6.45, 7) is 4.20. The van der Waals surface area contributed by atoms with E-state index in [4.69, 9.17) is 5.73 Å². The van der Waals surface area contributed by atoms with Gasteiger partial charge in [-0.3, -0.25) is 0 Å². The molecule has 3 nitrogen and oxygen atoms in total. The zero-order valence-electron chi connectivity index (χ0n) is 11.5. The number of nitrogen functional groups attached to an aromatic ring is 1. The normalized spacial score (nSPS) is 11.4. The summed E-state index contributed by atoms with van der Waals surface area (Å²) in [6.07, 6.45) is 0. The molecule has 1 heterocycles. The van der Waals surface area contributed by atoms with Crippen molar-refractivity contribution in [2.24, 2.45) is 0 Å². The van der Waals surface area contributed by atoms with Crippen molar-refractivity contribution in [3.05, 3.63) is 48.3 Å². The van der Waals surface area contributed by atoms with Gasteiger partial charge in [0, 0.05) is 11.6 Å². The van der Waals surface area contributed by atoms with Gasteiger partial charge in [0.25, 0.3) is 0 Å². The molecule has 0 fully saturated rings. The molecule has 0 spiro atoms. The number of rotatable bonds is 2. The van der Waals surface area contributed by atoms with Gasteiger partial charge >= 0.3 is 0 Å². The average molecular weight is 269 g/mol. The van der Waals surface area contributed by atoms with E-state index in [0.29, 0.717) is 0 Å². The Bertz CT molecular complexity index is 774. The molecule has 0 bridgehead atoms. The van der Waals surface area contributed by atoms with Crippen molar-refractivity contribution in [2.45, 2.75) is 19.9 Å². The fourth-order valence-electron chi connectivity index (χ4n) is 2.45. The number of nitrogens with zero attached hydrogens (tertiary/aromatic N) is 2. The van der Waals surface area contributed by atoms with Crippen LogP contribution in [-0.2, 0) is 0 Å². The van der Waals surface area contributed by atoms with Crippen molar-refractivity contribution in [1.82, 2.24) is 9.55 Å². The van der Waals surface area contributed by atoms with Crippen LogP contribution in [0.4, 0.5) is 10.1 Å². The molecule has 0 radical (unpaired) electrons. The molecule has 2 aromatic carbocycles. The quantitative estimate of drug-likeness (QED) is 0.714. The molecule has 0 aliphatic carbocycles. The van der Waals surface area contributed by atoms with Gasteiger partial charge in [0.2, 0.25) is 0 Å². The maximum absolute atomic E-state index is 13.3. The minimum atomic E-state index is -0.402. The van der Waals surface area contributed by atoms with Crippen LogP contribution in [-0.4, -0.2) is 9.55 Å². The molecule has 0 amide bonds. The number of benzene rings is 2. The summed E-state index contributed by atoms with van der Waals surface area (Å²) >= 11 is 0. The van der Waals surface area contributed by atoms with E-state index < -0.39 is 5.82 Å². The van der Waals surface area contributed by atoms with E-state index in [0.717, 1.165) is 22.4 Å². The average Bonchev–Trinajstić information content (AvgIpc) is 2.81. The van der Waals surface area contributed by atoms with Crippen molar-refractivity contribution < 1.29 is 4.39 Å². The number of anilines is 1. The number of imidazole rings is 1. The molecule has 2 N–H and O–H groups in total. The highest BCUT2D eigenvalue weighted by molar-refractivity contribution is 5.81. The SMILES string of the molecule is CC(C)n1c(-c2ccc(F)c(N)c2)nc2ccccc21. The van der Waals surface area contributed by atoms with E-state index in [1.807, 2.05) is 24.3 Å². The third kappa shape index (κ3) is 1.93. The first-order valence-corrected chi connectivity index (χ1v) is 6.60. The molecule has 3 aromatic rings. The lowest BCUT2D eigenvalue weighted by Crippen LogP contribution is -2.03. The van der Waals surface area contributed by atoms with Crippen LogP contribution in [0, 0.1) is 5.82 Å². The van der Waals surface area contributed by atoms with Crippen LogP contribution in [0.25, 0.3) is 22.4 Å². The Morgan fingerprint density at radius 2 is 1.90 bits per heavy atom. The van der Waals surface area contributed by atoms with Crippen LogP contribution in [0.5, 0.6) is 0 Å². The van der Waals surface area contributed by atoms with Crippen LogP contribution in [0.3, 0.4) is 0 Å². The number of halogens is 1. The Kier molecular flexibility index (Phi) is 2.93. The highest BCUT2D eigenvalue weighted by Gasteiger charge is 2.15. The van der Waals surface area contributed by atoms with E-state index in [1.165, 1.54) is 6.07 Å².